The summed E-state index contributed by atoms with van der Waals surface area (Å²) in [4.78, 5) is 51.1. The molecule has 0 amide bonds. The smallest absolute Gasteiger partial charge is 0.364 e. The van der Waals surface area contributed by atoms with Gasteiger partial charge in [-0.15, -0.1) is 0 Å². The molecule has 9 nitrogen and oxygen atoms in total. The third kappa shape index (κ3) is 10.2. The van der Waals surface area contributed by atoms with Crippen LogP contribution >= 0.6 is 0 Å². The molecule has 5 atom stereocenters. The van der Waals surface area contributed by atoms with Crippen LogP contribution in [0.2, 0.25) is 0 Å². The minimum Gasteiger partial charge on any atom is -0.477 e. The van der Waals surface area contributed by atoms with Crippen molar-refractivity contribution in [1.82, 2.24) is 5.32 Å². The Hall–Kier alpha value is -2.94. The molecule has 0 saturated carbocycles. The van der Waals surface area contributed by atoms with E-state index in [1.54, 1.807) is 33.8 Å². The van der Waals surface area contributed by atoms with Crippen LogP contribution in [0.15, 0.2) is 18.2 Å². The maximum atomic E-state index is 13.0. The topological polar surface area (TPSA) is 128 Å². The molecule has 0 saturated heterocycles. The molecule has 0 aliphatic rings. The van der Waals surface area contributed by atoms with Gasteiger partial charge in [-0.25, -0.2) is 4.79 Å². The quantitative estimate of drug-likeness (QED) is 0.135. The number of benzene rings is 1. The summed E-state index contributed by atoms with van der Waals surface area (Å²) in [6.07, 6.45) is 3.19. The van der Waals surface area contributed by atoms with Gasteiger partial charge >= 0.3 is 23.9 Å². The van der Waals surface area contributed by atoms with Crippen molar-refractivity contribution in [2.45, 2.75) is 113 Å². The van der Waals surface area contributed by atoms with E-state index in [-0.39, 0.29) is 41.7 Å². The van der Waals surface area contributed by atoms with Gasteiger partial charge in [-0.3, -0.25) is 19.7 Å². The number of carbonyl (C=O) groups excluding carboxylic acids is 3. The SMILES string of the molecule is CCCC(C)C(=O)Oc1ccc(C[C@](NC(C)CC)(OC(=O)C(C)C(C)C)C(=O)O)cc1OC(=O)C(C)CCC. The fraction of sp³-hybridized carbons (Fsp3) is 0.677. The van der Waals surface area contributed by atoms with Crippen molar-refractivity contribution >= 4 is 23.9 Å². The summed E-state index contributed by atoms with van der Waals surface area (Å²) in [5.41, 5.74) is -1.66. The highest BCUT2D eigenvalue weighted by atomic mass is 16.6. The van der Waals surface area contributed by atoms with E-state index in [0.717, 1.165) is 12.8 Å². The lowest BCUT2D eigenvalue weighted by Gasteiger charge is -2.34. The molecule has 0 aliphatic carbocycles. The van der Waals surface area contributed by atoms with Crippen molar-refractivity contribution < 1.29 is 38.5 Å². The molecule has 1 aromatic rings. The number of nitrogens with one attached hydrogen (secondary N) is 1. The van der Waals surface area contributed by atoms with E-state index in [2.05, 4.69) is 5.32 Å². The van der Waals surface area contributed by atoms with Crippen LogP contribution in [0.3, 0.4) is 0 Å². The first kappa shape index (κ1) is 35.1. The van der Waals surface area contributed by atoms with Gasteiger partial charge < -0.3 is 19.3 Å². The first-order valence-corrected chi connectivity index (χ1v) is 14.5. The zero-order chi connectivity index (χ0) is 30.6. The van der Waals surface area contributed by atoms with Gasteiger partial charge in [0.25, 0.3) is 5.72 Å². The van der Waals surface area contributed by atoms with Crippen LogP contribution in [-0.2, 0) is 30.3 Å². The largest absolute Gasteiger partial charge is 0.477 e. The highest BCUT2D eigenvalue weighted by Crippen LogP contribution is 2.33. The summed E-state index contributed by atoms with van der Waals surface area (Å²) in [6, 6.07) is 4.24. The zero-order valence-corrected chi connectivity index (χ0v) is 25.7. The lowest BCUT2D eigenvalue weighted by Crippen LogP contribution is -2.60. The van der Waals surface area contributed by atoms with E-state index in [1.165, 1.54) is 12.1 Å². The lowest BCUT2D eigenvalue weighted by atomic mass is 9.97. The maximum Gasteiger partial charge on any atom is 0.364 e. The Morgan fingerprint density at radius 2 is 1.35 bits per heavy atom. The average Bonchev–Trinajstić information content (AvgIpc) is 2.89. The van der Waals surface area contributed by atoms with Gasteiger partial charge in [0, 0.05) is 12.5 Å². The Labute approximate surface area is 239 Å². The Morgan fingerprint density at radius 3 is 1.80 bits per heavy atom. The Morgan fingerprint density at radius 1 is 0.825 bits per heavy atom. The van der Waals surface area contributed by atoms with Crippen LogP contribution in [0.25, 0.3) is 0 Å². The third-order valence-electron chi connectivity index (χ3n) is 7.21. The normalized spacial score (nSPS) is 15.8. The second-order valence-corrected chi connectivity index (χ2v) is 11.2. The number of carboxylic acid groups (broad SMARTS) is 1. The molecule has 9 heteroatoms. The van der Waals surface area contributed by atoms with Crippen molar-refractivity contribution in [3.05, 3.63) is 23.8 Å². The van der Waals surface area contributed by atoms with E-state index in [9.17, 15) is 24.3 Å². The summed E-state index contributed by atoms with van der Waals surface area (Å²) in [7, 11) is 0. The van der Waals surface area contributed by atoms with Crippen molar-refractivity contribution in [1.29, 1.82) is 0 Å². The van der Waals surface area contributed by atoms with Crippen LogP contribution in [0, 0.1) is 23.7 Å². The van der Waals surface area contributed by atoms with E-state index < -0.39 is 35.5 Å². The Bertz CT molecular complexity index is 1010. The molecule has 0 spiro atoms. The number of carbonyl (C=O) groups is 4. The van der Waals surface area contributed by atoms with Crippen LogP contribution in [0.5, 0.6) is 11.5 Å². The van der Waals surface area contributed by atoms with Crippen LogP contribution < -0.4 is 14.8 Å². The molecule has 1 rings (SSSR count). The standard InChI is InChI=1S/C31H49NO8/c1-10-13-20(6)27(33)38-25-16-15-24(17-26(25)39-28(34)21(7)14-11-2)18-31(30(36)37,32-22(8)12-3)40-29(35)23(9)19(4)5/h15-17,19-23,32H,10-14,18H2,1-9H3,(H,36,37)/t20?,21?,22?,23?,31-/m0/s1. The van der Waals surface area contributed by atoms with Crippen LogP contribution in [0.4, 0.5) is 0 Å². The second-order valence-electron chi connectivity index (χ2n) is 11.2. The highest BCUT2D eigenvalue weighted by molar-refractivity contribution is 5.83. The summed E-state index contributed by atoms with van der Waals surface area (Å²) in [5.74, 6) is -4.18. The molecular weight excluding hydrogens is 514 g/mol. The van der Waals surface area contributed by atoms with E-state index in [1.807, 2.05) is 34.6 Å². The molecule has 0 aliphatic heterocycles. The van der Waals surface area contributed by atoms with Crippen molar-refractivity contribution in [3.63, 3.8) is 0 Å². The highest BCUT2D eigenvalue weighted by Gasteiger charge is 2.45. The van der Waals surface area contributed by atoms with Gasteiger partial charge in [0.15, 0.2) is 11.5 Å². The summed E-state index contributed by atoms with van der Waals surface area (Å²) >= 11 is 0. The monoisotopic (exact) mass is 563 g/mol. The van der Waals surface area contributed by atoms with E-state index in [0.29, 0.717) is 24.8 Å². The predicted octanol–water partition coefficient (Wildman–Crippen LogP) is 5.92. The molecule has 226 valence electrons. The maximum absolute atomic E-state index is 13.0. The molecule has 0 bridgehead atoms. The summed E-state index contributed by atoms with van der Waals surface area (Å²) in [6.45, 7) is 16.6. The van der Waals surface area contributed by atoms with Crippen molar-refractivity contribution in [3.8, 4) is 11.5 Å². The van der Waals surface area contributed by atoms with Gasteiger partial charge in [-0.2, -0.15) is 0 Å². The van der Waals surface area contributed by atoms with Gasteiger partial charge in [0.1, 0.15) is 0 Å². The molecule has 40 heavy (non-hydrogen) atoms. The molecule has 2 N–H and O–H groups in total. The molecular formula is C31H49NO8. The number of aliphatic carboxylic acids is 1. The van der Waals surface area contributed by atoms with Gasteiger partial charge in [-0.05, 0) is 49.8 Å². The minimum absolute atomic E-state index is 0.00667. The Kier molecular flexibility index (Phi) is 14.3. The third-order valence-corrected chi connectivity index (χ3v) is 7.21. The predicted molar refractivity (Wildman–Crippen MR) is 153 cm³/mol. The van der Waals surface area contributed by atoms with E-state index in [4.69, 9.17) is 14.2 Å². The fourth-order valence-corrected chi connectivity index (χ4v) is 3.97. The lowest BCUT2D eigenvalue weighted by molar-refractivity contribution is -0.188. The van der Waals surface area contributed by atoms with Gasteiger partial charge in [-0.1, -0.05) is 74.3 Å². The molecule has 0 radical (unpaired) electrons. The number of ether oxygens (including phenoxy) is 3. The second kappa shape index (κ2) is 16.4. The number of carboxylic acids is 1. The first-order chi connectivity index (χ1) is 18.7. The van der Waals surface area contributed by atoms with Gasteiger partial charge in [0.2, 0.25) is 0 Å². The van der Waals surface area contributed by atoms with Gasteiger partial charge in [0.05, 0.1) is 17.8 Å². The number of hydrogen-bond donors (Lipinski definition) is 2. The number of esters is 3. The number of hydrogen-bond acceptors (Lipinski definition) is 8. The van der Waals surface area contributed by atoms with Crippen LogP contribution in [0.1, 0.15) is 100.0 Å². The summed E-state index contributed by atoms with van der Waals surface area (Å²) in [5, 5.41) is 13.3. The summed E-state index contributed by atoms with van der Waals surface area (Å²) < 4.78 is 17.0. The molecule has 0 fully saturated rings. The first-order valence-electron chi connectivity index (χ1n) is 14.5. The van der Waals surface area contributed by atoms with Crippen molar-refractivity contribution in [2.75, 3.05) is 0 Å². The average molecular weight is 564 g/mol. The Balaban J connectivity index is 3.55. The minimum atomic E-state index is -2.07. The zero-order valence-electron chi connectivity index (χ0n) is 25.7. The van der Waals surface area contributed by atoms with E-state index >= 15 is 0 Å². The van der Waals surface area contributed by atoms with Crippen LogP contribution in [-0.4, -0.2) is 40.8 Å². The molecule has 0 aromatic heterocycles. The molecule has 4 unspecified atom stereocenters. The molecule has 0 heterocycles. The number of rotatable bonds is 17. The van der Waals surface area contributed by atoms with Crippen molar-refractivity contribution in [2.24, 2.45) is 23.7 Å². The molecule has 1 aromatic carbocycles. The fourth-order valence-electron chi connectivity index (χ4n) is 3.97.